The molecular weight excluding hydrogens is 306 g/mol. The van der Waals surface area contributed by atoms with E-state index in [0.717, 1.165) is 25.1 Å². The van der Waals surface area contributed by atoms with E-state index in [4.69, 9.17) is 12.2 Å². The predicted molar refractivity (Wildman–Crippen MR) is 99.5 cm³/mol. The Morgan fingerprint density at radius 1 is 1.17 bits per heavy atom. The number of thiocarbonyl (C=S) groups is 1. The molecule has 0 atom stereocenters. The van der Waals surface area contributed by atoms with Crippen molar-refractivity contribution < 1.29 is 4.79 Å². The molecule has 4 nitrogen and oxygen atoms in total. The monoisotopic (exact) mass is 333 g/mol. The SMILES string of the molecule is CCCCC(=O)NC(=S)Nc1ccc(CN2CCCCC2)cc1. The fourth-order valence-electron chi connectivity index (χ4n) is 2.76. The first-order valence-electron chi connectivity index (χ1n) is 8.59. The van der Waals surface area contributed by atoms with E-state index < -0.39 is 0 Å². The molecule has 2 N–H and O–H groups in total. The highest BCUT2D eigenvalue weighted by Gasteiger charge is 2.10. The van der Waals surface area contributed by atoms with Crippen LogP contribution < -0.4 is 10.6 Å². The number of rotatable bonds is 6. The van der Waals surface area contributed by atoms with Gasteiger partial charge in [-0.15, -0.1) is 0 Å². The van der Waals surface area contributed by atoms with Gasteiger partial charge in [-0.3, -0.25) is 9.69 Å². The lowest BCUT2D eigenvalue weighted by Gasteiger charge is -2.26. The van der Waals surface area contributed by atoms with Crippen LogP contribution in [0.4, 0.5) is 5.69 Å². The van der Waals surface area contributed by atoms with E-state index in [1.807, 2.05) is 12.1 Å². The van der Waals surface area contributed by atoms with Gasteiger partial charge >= 0.3 is 0 Å². The number of likely N-dealkylation sites (tertiary alicyclic amines) is 1. The first-order chi connectivity index (χ1) is 11.2. The first kappa shape index (κ1) is 17.9. The summed E-state index contributed by atoms with van der Waals surface area (Å²) < 4.78 is 0. The number of nitrogens with one attached hydrogen (secondary N) is 2. The number of hydrogen-bond acceptors (Lipinski definition) is 3. The van der Waals surface area contributed by atoms with Crippen LogP contribution in [0.3, 0.4) is 0 Å². The van der Waals surface area contributed by atoms with Crippen molar-refractivity contribution in [2.24, 2.45) is 0 Å². The zero-order chi connectivity index (χ0) is 16.5. The van der Waals surface area contributed by atoms with E-state index in [1.165, 1.54) is 37.9 Å². The summed E-state index contributed by atoms with van der Waals surface area (Å²) in [6.07, 6.45) is 6.40. The maximum atomic E-state index is 11.6. The zero-order valence-corrected chi connectivity index (χ0v) is 14.8. The van der Waals surface area contributed by atoms with E-state index in [9.17, 15) is 4.79 Å². The van der Waals surface area contributed by atoms with Crippen LogP contribution in [-0.2, 0) is 11.3 Å². The van der Waals surface area contributed by atoms with Crippen molar-refractivity contribution in [3.63, 3.8) is 0 Å². The molecule has 0 saturated carbocycles. The number of unbranched alkanes of at least 4 members (excludes halogenated alkanes) is 1. The Balaban J connectivity index is 1.77. The molecule has 1 amide bonds. The molecule has 0 bridgehead atoms. The molecule has 1 aromatic carbocycles. The van der Waals surface area contributed by atoms with Gasteiger partial charge in [0.1, 0.15) is 0 Å². The highest BCUT2D eigenvalue weighted by Crippen LogP contribution is 2.15. The lowest BCUT2D eigenvalue weighted by atomic mass is 10.1. The summed E-state index contributed by atoms with van der Waals surface area (Å²) in [4.78, 5) is 14.1. The lowest BCUT2D eigenvalue weighted by Crippen LogP contribution is -2.33. The Hall–Kier alpha value is -1.46. The van der Waals surface area contributed by atoms with Crippen LogP contribution in [0.15, 0.2) is 24.3 Å². The molecule has 1 fully saturated rings. The second-order valence-electron chi connectivity index (χ2n) is 6.14. The Morgan fingerprint density at radius 3 is 2.52 bits per heavy atom. The van der Waals surface area contributed by atoms with E-state index in [1.54, 1.807) is 0 Å². The number of hydrogen-bond donors (Lipinski definition) is 2. The number of amides is 1. The number of piperidine rings is 1. The molecule has 0 aliphatic carbocycles. The molecule has 2 rings (SSSR count). The molecule has 126 valence electrons. The van der Waals surface area contributed by atoms with Crippen LogP contribution in [0, 0.1) is 0 Å². The maximum Gasteiger partial charge on any atom is 0.226 e. The van der Waals surface area contributed by atoms with Gasteiger partial charge in [-0.05, 0) is 62.3 Å². The van der Waals surface area contributed by atoms with Crippen LogP contribution >= 0.6 is 12.2 Å². The minimum atomic E-state index is -0.0222. The highest BCUT2D eigenvalue weighted by molar-refractivity contribution is 7.80. The van der Waals surface area contributed by atoms with Gasteiger partial charge in [0.2, 0.25) is 5.91 Å². The third-order valence-electron chi connectivity index (χ3n) is 4.08. The van der Waals surface area contributed by atoms with E-state index in [0.29, 0.717) is 11.5 Å². The van der Waals surface area contributed by atoms with E-state index >= 15 is 0 Å². The molecule has 1 aromatic rings. The van der Waals surface area contributed by atoms with Crippen LogP contribution in [-0.4, -0.2) is 29.0 Å². The fraction of sp³-hybridized carbons (Fsp3) is 0.556. The smallest absolute Gasteiger partial charge is 0.226 e. The van der Waals surface area contributed by atoms with Crippen LogP contribution in [0.2, 0.25) is 0 Å². The molecule has 0 spiro atoms. The van der Waals surface area contributed by atoms with Crippen molar-refractivity contribution in [1.82, 2.24) is 10.2 Å². The van der Waals surface area contributed by atoms with Crippen molar-refractivity contribution in [3.8, 4) is 0 Å². The molecule has 1 heterocycles. The Bertz CT molecular complexity index is 510. The first-order valence-corrected chi connectivity index (χ1v) is 9.00. The lowest BCUT2D eigenvalue weighted by molar-refractivity contribution is -0.119. The van der Waals surface area contributed by atoms with Crippen molar-refractivity contribution in [1.29, 1.82) is 0 Å². The number of carbonyl (C=O) groups excluding carboxylic acids is 1. The molecule has 5 heteroatoms. The predicted octanol–water partition coefficient (Wildman–Crippen LogP) is 3.68. The van der Waals surface area contributed by atoms with Gasteiger partial charge in [-0.25, -0.2) is 0 Å². The van der Waals surface area contributed by atoms with Crippen LogP contribution in [0.25, 0.3) is 0 Å². The normalized spacial score (nSPS) is 15.2. The zero-order valence-electron chi connectivity index (χ0n) is 13.9. The fourth-order valence-corrected chi connectivity index (χ4v) is 2.99. The molecule has 23 heavy (non-hydrogen) atoms. The van der Waals surface area contributed by atoms with Gasteiger partial charge in [0, 0.05) is 18.7 Å². The molecule has 1 saturated heterocycles. The van der Waals surface area contributed by atoms with Crippen LogP contribution in [0.5, 0.6) is 0 Å². The van der Waals surface area contributed by atoms with Gasteiger partial charge in [-0.2, -0.15) is 0 Å². The minimum absolute atomic E-state index is 0.0222. The second kappa shape index (κ2) is 9.63. The quantitative estimate of drug-likeness (QED) is 0.780. The largest absolute Gasteiger partial charge is 0.332 e. The van der Waals surface area contributed by atoms with Crippen molar-refractivity contribution in [2.75, 3.05) is 18.4 Å². The van der Waals surface area contributed by atoms with Crippen LogP contribution in [0.1, 0.15) is 51.0 Å². The third-order valence-corrected chi connectivity index (χ3v) is 4.28. The van der Waals surface area contributed by atoms with Gasteiger partial charge in [0.25, 0.3) is 0 Å². The van der Waals surface area contributed by atoms with Crippen molar-refractivity contribution >= 4 is 28.9 Å². The summed E-state index contributed by atoms with van der Waals surface area (Å²) in [5, 5.41) is 6.15. The molecular formula is C18H27N3OS. The number of nitrogens with zero attached hydrogens (tertiary/aromatic N) is 1. The average molecular weight is 334 g/mol. The average Bonchev–Trinajstić information content (AvgIpc) is 2.55. The molecule has 0 radical (unpaired) electrons. The minimum Gasteiger partial charge on any atom is -0.332 e. The molecule has 1 aliphatic heterocycles. The Morgan fingerprint density at radius 2 is 1.87 bits per heavy atom. The summed E-state index contributed by atoms with van der Waals surface area (Å²) in [5.41, 5.74) is 2.23. The summed E-state index contributed by atoms with van der Waals surface area (Å²) in [6.45, 7) is 5.48. The Kier molecular flexibility index (Phi) is 7.49. The molecule has 0 aromatic heterocycles. The second-order valence-corrected chi connectivity index (χ2v) is 6.55. The van der Waals surface area contributed by atoms with Gasteiger partial charge < -0.3 is 10.6 Å². The summed E-state index contributed by atoms with van der Waals surface area (Å²) >= 11 is 5.18. The topological polar surface area (TPSA) is 44.4 Å². The number of anilines is 1. The number of benzene rings is 1. The standard InChI is InChI=1S/C18H27N3OS/c1-2-3-7-17(22)20-18(23)19-16-10-8-15(9-11-16)14-21-12-5-4-6-13-21/h8-11H,2-7,12-14H2,1H3,(H2,19,20,22,23). The molecule has 1 aliphatic rings. The summed E-state index contributed by atoms with van der Waals surface area (Å²) in [7, 11) is 0. The van der Waals surface area contributed by atoms with Gasteiger partial charge in [0.05, 0.1) is 0 Å². The maximum absolute atomic E-state index is 11.6. The third kappa shape index (κ3) is 6.67. The summed E-state index contributed by atoms with van der Waals surface area (Å²) in [6, 6.07) is 8.28. The van der Waals surface area contributed by atoms with Gasteiger partial charge in [0.15, 0.2) is 5.11 Å². The van der Waals surface area contributed by atoms with Crippen molar-refractivity contribution in [3.05, 3.63) is 29.8 Å². The Labute approximate surface area is 144 Å². The van der Waals surface area contributed by atoms with E-state index in [2.05, 4.69) is 34.6 Å². The highest BCUT2D eigenvalue weighted by atomic mass is 32.1. The van der Waals surface area contributed by atoms with Crippen molar-refractivity contribution in [2.45, 2.75) is 52.0 Å². The molecule has 0 unspecified atom stereocenters. The van der Waals surface area contributed by atoms with E-state index in [-0.39, 0.29) is 5.91 Å². The number of carbonyl (C=O) groups is 1. The van der Waals surface area contributed by atoms with Gasteiger partial charge in [-0.1, -0.05) is 31.9 Å². The summed E-state index contributed by atoms with van der Waals surface area (Å²) in [5.74, 6) is -0.0222.